The van der Waals surface area contributed by atoms with Crippen molar-refractivity contribution in [2.24, 2.45) is 0 Å². The maximum Gasteiger partial charge on any atom is 0.267 e. The summed E-state index contributed by atoms with van der Waals surface area (Å²) in [6.45, 7) is 2.53. The molecule has 1 saturated heterocycles. The zero-order chi connectivity index (χ0) is 26.3. The number of carbonyl (C=O) groups is 1. The van der Waals surface area contributed by atoms with E-state index in [1.54, 1.807) is 10.8 Å². The van der Waals surface area contributed by atoms with Crippen LogP contribution in [0, 0.1) is 11.6 Å². The van der Waals surface area contributed by atoms with Crippen LogP contribution < -0.4 is 9.46 Å². The third-order valence-electron chi connectivity index (χ3n) is 6.78. The predicted molar refractivity (Wildman–Crippen MR) is 131 cm³/mol. The molecule has 196 valence electrons. The first-order valence-corrected chi connectivity index (χ1v) is 14.0. The molecule has 2 aromatic carbocycles. The van der Waals surface area contributed by atoms with Gasteiger partial charge in [-0.2, -0.15) is 0 Å². The number of hydrogen-bond acceptors (Lipinski definition) is 5. The summed E-state index contributed by atoms with van der Waals surface area (Å²) in [6.07, 6.45) is 2.81. The highest BCUT2D eigenvalue weighted by Crippen LogP contribution is 2.45. The van der Waals surface area contributed by atoms with Crippen molar-refractivity contribution in [2.45, 2.75) is 50.2 Å². The first-order chi connectivity index (χ1) is 16.8. The Labute approximate surface area is 213 Å². The molecule has 1 aliphatic heterocycles. The van der Waals surface area contributed by atoms with Gasteiger partial charge in [-0.25, -0.2) is 26.3 Å². The molecule has 2 fully saturated rings. The molecule has 2 aromatic rings. The van der Waals surface area contributed by atoms with Gasteiger partial charge in [0, 0.05) is 30.2 Å². The number of halogens is 4. The monoisotopic (exact) mass is 544 g/mol. The van der Waals surface area contributed by atoms with Crippen LogP contribution in [0.5, 0.6) is 5.75 Å². The lowest BCUT2D eigenvalue weighted by Gasteiger charge is -2.39. The summed E-state index contributed by atoms with van der Waals surface area (Å²) in [5.41, 5.74) is -0.695. The number of sulfonamides is 1. The lowest BCUT2D eigenvalue weighted by atomic mass is 9.92. The van der Waals surface area contributed by atoms with Crippen LogP contribution in [0.4, 0.5) is 13.2 Å². The van der Waals surface area contributed by atoms with E-state index in [0.29, 0.717) is 23.7 Å². The summed E-state index contributed by atoms with van der Waals surface area (Å²) >= 11 is 6.19. The van der Waals surface area contributed by atoms with Gasteiger partial charge in [-0.1, -0.05) is 17.7 Å². The minimum absolute atomic E-state index is 0.0455. The fourth-order valence-corrected chi connectivity index (χ4v) is 5.28. The van der Waals surface area contributed by atoms with E-state index in [9.17, 15) is 22.0 Å². The number of nitrogens with zero attached hydrogens (tertiary/aromatic N) is 1. The average molecular weight is 545 g/mol. The summed E-state index contributed by atoms with van der Waals surface area (Å²) in [4.78, 5) is 14.3. The van der Waals surface area contributed by atoms with E-state index in [2.05, 4.69) is 4.90 Å². The molecule has 1 aliphatic carbocycles. The van der Waals surface area contributed by atoms with Crippen molar-refractivity contribution in [3.63, 3.8) is 0 Å². The standard InChI is InChI=1S/C25H28ClF3N2O4S/c1-15(18-6-5-17(27)11-21(18)26)31-9-7-25(29,8-10-31)14-35-23-13-22(28)20(12-19(23)16-3-4-16)24(32)30-36(2,33)34/h5-6,11-13,15-16H,3-4,7-10,14H2,1-2H3,(H,30,32)/t15-/m1/s1. The van der Waals surface area contributed by atoms with Crippen LogP contribution in [0.15, 0.2) is 30.3 Å². The second kappa shape index (κ2) is 10.2. The summed E-state index contributed by atoms with van der Waals surface area (Å²) < 4.78 is 74.0. The summed E-state index contributed by atoms with van der Waals surface area (Å²) in [6, 6.07) is 6.45. The Hall–Kier alpha value is -2.30. The molecule has 1 heterocycles. The number of ether oxygens (including phenoxy) is 1. The van der Waals surface area contributed by atoms with E-state index in [0.717, 1.165) is 30.7 Å². The molecule has 0 unspecified atom stereocenters. The number of alkyl halides is 1. The van der Waals surface area contributed by atoms with Gasteiger partial charge >= 0.3 is 0 Å². The highest BCUT2D eigenvalue weighted by molar-refractivity contribution is 7.89. The van der Waals surface area contributed by atoms with Crippen molar-refractivity contribution in [3.05, 3.63) is 63.7 Å². The molecule has 4 rings (SSSR count). The molecule has 1 N–H and O–H groups in total. The van der Waals surface area contributed by atoms with Gasteiger partial charge in [-0.15, -0.1) is 0 Å². The Balaban J connectivity index is 1.42. The molecule has 0 radical (unpaired) electrons. The molecular formula is C25H28ClF3N2O4S. The van der Waals surface area contributed by atoms with Crippen molar-refractivity contribution in [2.75, 3.05) is 26.0 Å². The van der Waals surface area contributed by atoms with Gasteiger partial charge in [0.1, 0.15) is 29.7 Å². The molecule has 1 amide bonds. The molecule has 1 saturated carbocycles. The van der Waals surface area contributed by atoms with E-state index in [4.69, 9.17) is 16.3 Å². The highest BCUT2D eigenvalue weighted by Gasteiger charge is 2.38. The highest BCUT2D eigenvalue weighted by atomic mass is 35.5. The number of rotatable bonds is 8. The average Bonchev–Trinajstić information content (AvgIpc) is 3.62. The zero-order valence-corrected chi connectivity index (χ0v) is 21.6. The molecule has 11 heteroatoms. The third-order valence-corrected chi connectivity index (χ3v) is 7.66. The van der Waals surface area contributed by atoms with E-state index in [-0.39, 0.29) is 37.2 Å². The number of hydrogen-bond donors (Lipinski definition) is 1. The van der Waals surface area contributed by atoms with Crippen LogP contribution in [0.3, 0.4) is 0 Å². The number of amides is 1. The minimum atomic E-state index is -3.86. The van der Waals surface area contributed by atoms with Crippen LogP contribution in [0.2, 0.25) is 5.02 Å². The van der Waals surface area contributed by atoms with Crippen molar-refractivity contribution < 1.29 is 31.1 Å². The topological polar surface area (TPSA) is 75.7 Å². The first-order valence-electron chi connectivity index (χ1n) is 11.7. The van der Waals surface area contributed by atoms with Gasteiger partial charge in [-0.05, 0) is 67.9 Å². The van der Waals surface area contributed by atoms with E-state index >= 15 is 4.39 Å². The van der Waals surface area contributed by atoms with E-state index < -0.39 is 38.8 Å². The van der Waals surface area contributed by atoms with Gasteiger partial charge in [0.15, 0.2) is 0 Å². The van der Waals surface area contributed by atoms with Crippen LogP contribution >= 0.6 is 11.6 Å². The van der Waals surface area contributed by atoms with Crippen LogP contribution in [-0.2, 0) is 10.0 Å². The second-order valence-electron chi connectivity index (χ2n) is 9.66. The van der Waals surface area contributed by atoms with Crippen molar-refractivity contribution >= 4 is 27.5 Å². The maximum absolute atomic E-state index is 15.6. The maximum atomic E-state index is 15.6. The largest absolute Gasteiger partial charge is 0.490 e. The predicted octanol–water partition coefficient (Wildman–Crippen LogP) is 5.13. The molecule has 0 bridgehead atoms. The van der Waals surface area contributed by atoms with Gasteiger partial charge in [-0.3, -0.25) is 9.69 Å². The molecule has 36 heavy (non-hydrogen) atoms. The molecule has 6 nitrogen and oxygen atoms in total. The number of carbonyl (C=O) groups excluding carboxylic acids is 1. The van der Waals surface area contributed by atoms with E-state index in [1.807, 2.05) is 6.92 Å². The Morgan fingerprint density at radius 1 is 1.22 bits per heavy atom. The van der Waals surface area contributed by atoms with Crippen LogP contribution in [-0.4, -0.2) is 50.8 Å². The Morgan fingerprint density at radius 2 is 1.89 bits per heavy atom. The number of piperidine rings is 1. The minimum Gasteiger partial charge on any atom is -0.490 e. The SMILES string of the molecule is C[C@H](c1ccc(F)cc1Cl)N1CCC(F)(COc2cc(F)c(C(=O)NS(C)(=O)=O)cc2C2CC2)CC1. The quantitative estimate of drug-likeness (QED) is 0.499. The lowest BCUT2D eigenvalue weighted by molar-refractivity contribution is 0.00615. The summed E-state index contributed by atoms with van der Waals surface area (Å²) in [7, 11) is -3.86. The summed E-state index contributed by atoms with van der Waals surface area (Å²) in [5, 5.41) is 0.325. The first kappa shape index (κ1) is 26.8. The number of benzene rings is 2. The van der Waals surface area contributed by atoms with Gasteiger partial charge in [0.2, 0.25) is 10.0 Å². The van der Waals surface area contributed by atoms with Crippen molar-refractivity contribution in [1.29, 1.82) is 0 Å². The number of likely N-dealkylation sites (tertiary alicyclic amines) is 1. The smallest absolute Gasteiger partial charge is 0.267 e. The summed E-state index contributed by atoms with van der Waals surface area (Å²) in [5.74, 6) is -2.21. The van der Waals surface area contributed by atoms with Crippen molar-refractivity contribution in [3.8, 4) is 5.75 Å². The molecular weight excluding hydrogens is 517 g/mol. The Kier molecular flexibility index (Phi) is 7.60. The molecule has 2 aliphatic rings. The lowest BCUT2D eigenvalue weighted by Crippen LogP contribution is -2.45. The number of nitrogens with one attached hydrogen (secondary N) is 1. The van der Waals surface area contributed by atoms with Crippen molar-refractivity contribution in [1.82, 2.24) is 9.62 Å². The third kappa shape index (κ3) is 6.33. The van der Waals surface area contributed by atoms with Crippen LogP contribution in [0.25, 0.3) is 0 Å². The van der Waals surface area contributed by atoms with Crippen LogP contribution in [0.1, 0.15) is 66.1 Å². The molecule has 1 atom stereocenters. The van der Waals surface area contributed by atoms with Gasteiger partial charge < -0.3 is 4.74 Å². The van der Waals surface area contributed by atoms with Gasteiger partial charge in [0.25, 0.3) is 5.91 Å². The molecule has 0 spiro atoms. The van der Waals surface area contributed by atoms with E-state index in [1.165, 1.54) is 18.2 Å². The zero-order valence-electron chi connectivity index (χ0n) is 20.0. The Bertz CT molecular complexity index is 1260. The fraction of sp³-hybridized carbons (Fsp3) is 0.480. The normalized spacial score (nSPS) is 19.1. The fourth-order valence-electron chi connectivity index (χ4n) is 4.51. The Morgan fingerprint density at radius 3 is 2.47 bits per heavy atom. The van der Waals surface area contributed by atoms with Gasteiger partial charge in [0.05, 0.1) is 11.8 Å². The molecule has 0 aromatic heterocycles. The second-order valence-corrected chi connectivity index (χ2v) is 11.8.